The van der Waals surface area contributed by atoms with E-state index in [4.69, 9.17) is 4.74 Å². The third-order valence-electron chi connectivity index (χ3n) is 2.68. The highest BCUT2D eigenvalue weighted by Crippen LogP contribution is 2.02. The Kier molecular flexibility index (Phi) is 8.61. The van der Waals surface area contributed by atoms with Gasteiger partial charge in [-0.25, -0.2) is 0 Å². The van der Waals surface area contributed by atoms with Gasteiger partial charge in [0.2, 0.25) is 0 Å². The van der Waals surface area contributed by atoms with Crippen LogP contribution in [0.5, 0.6) is 0 Å². The van der Waals surface area contributed by atoms with Gasteiger partial charge in [0, 0.05) is 6.61 Å². The molecule has 0 aliphatic carbocycles. The Morgan fingerprint density at radius 3 is 2.59 bits per heavy atom. The molecule has 0 amide bonds. The molecule has 0 radical (unpaired) electrons. The Hall–Kier alpha value is -0.860. The molecule has 96 valence electrons. The van der Waals surface area contributed by atoms with Crippen LogP contribution in [0, 0.1) is 0 Å². The Labute approximate surface area is 105 Å². The maximum absolute atomic E-state index is 5.63. The molecule has 0 spiro atoms. The predicted molar refractivity (Wildman–Crippen MR) is 73.1 cm³/mol. The summed E-state index contributed by atoms with van der Waals surface area (Å²) in [5.41, 5.74) is 1.26. The topological polar surface area (TPSA) is 21.3 Å². The third-order valence-corrected chi connectivity index (χ3v) is 2.68. The smallest absolute Gasteiger partial charge is 0.0716 e. The summed E-state index contributed by atoms with van der Waals surface area (Å²) in [7, 11) is 0. The lowest BCUT2D eigenvalue weighted by Gasteiger charge is -2.05. The van der Waals surface area contributed by atoms with Crippen molar-refractivity contribution < 1.29 is 4.74 Å². The van der Waals surface area contributed by atoms with Crippen molar-refractivity contribution in [2.75, 3.05) is 19.7 Å². The molecule has 0 unspecified atom stereocenters. The normalized spacial score (nSPS) is 10.6. The first-order chi connectivity index (χ1) is 8.43. The molecular weight excluding hydrogens is 210 g/mol. The highest BCUT2D eigenvalue weighted by atomic mass is 16.5. The lowest BCUT2D eigenvalue weighted by Crippen LogP contribution is -2.15. The summed E-state index contributed by atoms with van der Waals surface area (Å²) < 4.78 is 5.63. The van der Waals surface area contributed by atoms with Crippen molar-refractivity contribution in [2.24, 2.45) is 0 Å². The average Bonchev–Trinajstić information content (AvgIpc) is 2.38. The highest BCUT2D eigenvalue weighted by molar-refractivity contribution is 5.13. The minimum atomic E-state index is 0.745. The summed E-state index contributed by atoms with van der Waals surface area (Å²) in [6.45, 7) is 6.11. The van der Waals surface area contributed by atoms with Gasteiger partial charge in [-0.2, -0.15) is 0 Å². The van der Waals surface area contributed by atoms with Crippen LogP contribution in [0.3, 0.4) is 0 Å². The number of nitrogens with one attached hydrogen (secondary N) is 1. The van der Waals surface area contributed by atoms with Crippen molar-refractivity contribution in [2.45, 2.75) is 39.2 Å². The van der Waals surface area contributed by atoms with Crippen LogP contribution in [0.15, 0.2) is 30.3 Å². The first kappa shape index (κ1) is 14.2. The van der Waals surface area contributed by atoms with Crippen LogP contribution in [-0.2, 0) is 11.3 Å². The van der Waals surface area contributed by atoms with Gasteiger partial charge in [0.05, 0.1) is 6.61 Å². The van der Waals surface area contributed by atoms with Crippen molar-refractivity contribution >= 4 is 0 Å². The Morgan fingerprint density at radius 1 is 1.00 bits per heavy atom. The van der Waals surface area contributed by atoms with E-state index in [0.717, 1.165) is 26.3 Å². The fourth-order valence-corrected chi connectivity index (χ4v) is 1.70. The summed E-state index contributed by atoms with van der Waals surface area (Å²) in [4.78, 5) is 0. The van der Waals surface area contributed by atoms with Crippen LogP contribution >= 0.6 is 0 Å². The molecule has 2 nitrogen and oxygen atoms in total. The van der Waals surface area contributed by atoms with Crippen LogP contribution in [0.4, 0.5) is 0 Å². The Bertz CT molecular complexity index is 261. The second-order valence-corrected chi connectivity index (χ2v) is 4.35. The number of ether oxygens (including phenoxy) is 1. The van der Waals surface area contributed by atoms with Gasteiger partial charge in [0.1, 0.15) is 0 Å². The zero-order chi connectivity index (χ0) is 12.2. The molecule has 2 heteroatoms. The molecule has 1 aromatic rings. The SMILES string of the molecule is CCCNCCCCCOCc1ccccc1. The molecule has 0 aliphatic rings. The minimum Gasteiger partial charge on any atom is -0.377 e. The number of rotatable bonds is 10. The molecular formula is C15H25NO. The van der Waals surface area contributed by atoms with Crippen LogP contribution < -0.4 is 5.32 Å². The van der Waals surface area contributed by atoms with Gasteiger partial charge in [-0.3, -0.25) is 0 Å². The van der Waals surface area contributed by atoms with Gasteiger partial charge in [0.25, 0.3) is 0 Å². The van der Waals surface area contributed by atoms with E-state index in [1.807, 2.05) is 6.07 Å². The third kappa shape index (κ3) is 7.94. The van der Waals surface area contributed by atoms with Gasteiger partial charge in [0.15, 0.2) is 0 Å². The van der Waals surface area contributed by atoms with E-state index in [-0.39, 0.29) is 0 Å². The summed E-state index contributed by atoms with van der Waals surface area (Å²) in [5, 5.41) is 3.41. The van der Waals surface area contributed by atoms with Crippen LogP contribution in [0.1, 0.15) is 38.2 Å². The lowest BCUT2D eigenvalue weighted by atomic mass is 10.2. The fraction of sp³-hybridized carbons (Fsp3) is 0.600. The van der Waals surface area contributed by atoms with E-state index in [9.17, 15) is 0 Å². The summed E-state index contributed by atoms with van der Waals surface area (Å²) in [6.07, 6.45) is 4.90. The number of benzene rings is 1. The van der Waals surface area contributed by atoms with E-state index in [2.05, 4.69) is 36.5 Å². The van der Waals surface area contributed by atoms with Crippen molar-refractivity contribution in [3.63, 3.8) is 0 Å². The second kappa shape index (κ2) is 10.3. The van der Waals surface area contributed by atoms with Crippen molar-refractivity contribution in [3.05, 3.63) is 35.9 Å². The van der Waals surface area contributed by atoms with Crippen LogP contribution in [-0.4, -0.2) is 19.7 Å². The maximum Gasteiger partial charge on any atom is 0.0716 e. The zero-order valence-corrected chi connectivity index (χ0v) is 11.0. The molecule has 17 heavy (non-hydrogen) atoms. The first-order valence-electron chi connectivity index (χ1n) is 6.76. The largest absolute Gasteiger partial charge is 0.377 e. The Morgan fingerprint density at radius 2 is 1.82 bits per heavy atom. The first-order valence-corrected chi connectivity index (χ1v) is 6.76. The average molecular weight is 235 g/mol. The van der Waals surface area contributed by atoms with E-state index in [1.165, 1.54) is 31.2 Å². The molecule has 0 aliphatic heterocycles. The van der Waals surface area contributed by atoms with E-state index < -0.39 is 0 Å². The molecule has 1 aromatic carbocycles. The zero-order valence-electron chi connectivity index (χ0n) is 11.0. The van der Waals surface area contributed by atoms with E-state index >= 15 is 0 Å². The van der Waals surface area contributed by atoms with Gasteiger partial charge < -0.3 is 10.1 Å². The Balaban J connectivity index is 1.85. The van der Waals surface area contributed by atoms with Gasteiger partial charge in [-0.1, -0.05) is 37.3 Å². The molecule has 1 N–H and O–H groups in total. The monoisotopic (exact) mass is 235 g/mol. The second-order valence-electron chi connectivity index (χ2n) is 4.35. The number of hydrogen-bond donors (Lipinski definition) is 1. The highest BCUT2D eigenvalue weighted by Gasteiger charge is 1.92. The molecule has 0 saturated heterocycles. The quantitative estimate of drug-likeness (QED) is 0.628. The molecule has 0 atom stereocenters. The van der Waals surface area contributed by atoms with Crippen molar-refractivity contribution in [3.8, 4) is 0 Å². The molecule has 1 rings (SSSR count). The molecule has 0 bridgehead atoms. The van der Waals surface area contributed by atoms with Crippen molar-refractivity contribution in [1.29, 1.82) is 0 Å². The van der Waals surface area contributed by atoms with Crippen LogP contribution in [0.25, 0.3) is 0 Å². The molecule has 0 aromatic heterocycles. The van der Waals surface area contributed by atoms with Crippen LogP contribution in [0.2, 0.25) is 0 Å². The van der Waals surface area contributed by atoms with Crippen molar-refractivity contribution in [1.82, 2.24) is 5.32 Å². The van der Waals surface area contributed by atoms with E-state index in [0.29, 0.717) is 0 Å². The summed E-state index contributed by atoms with van der Waals surface area (Å²) in [5.74, 6) is 0. The standard InChI is InChI=1S/C15H25NO/c1-2-11-16-12-7-4-8-13-17-14-15-9-5-3-6-10-15/h3,5-6,9-10,16H,2,4,7-8,11-14H2,1H3. The van der Waals surface area contributed by atoms with Gasteiger partial charge in [-0.15, -0.1) is 0 Å². The van der Waals surface area contributed by atoms with Gasteiger partial charge in [-0.05, 0) is 44.3 Å². The predicted octanol–water partition coefficient (Wildman–Crippen LogP) is 3.37. The fourth-order valence-electron chi connectivity index (χ4n) is 1.70. The van der Waals surface area contributed by atoms with Gasteiger partial charge >= 0.3 is 0 Å². The minimum absolute atomic E-state index is 0.745. The summed E-state index contributed by atoms with van der Waals surface area (Å²) >= 11 is 0. The number of hydrogen-bond acceptors (Lipinski definition) is 2. The molecule has 0 saturated carbocycles. The van der Waals surface area contributed by atoms with E-state index in [1.54, 1.807) is 0 Å². The molecule has 0 heterocycles. The maximum atomic E-state index is 5.63. The summed E-state index contributed by atoms with van der Waals surface area (Å²) in [6, 6.07) is 10.4. The number of unbranched alkanes of at least 4 members (excludes halogenated alkanes) is 2. The molecule has 0 fully saturated rings. The lowest BCUT2D eigenvalue weighted by molar-refractivity contribution is 0.117.